The van der Waals surface area contributed by atoms with Gasteiger partial charge in [-0.15, -0.1) is 0 Å². The van der Waals surface area contributed by atoms with Crippen LogP contribution >= 0.6 is 11.6 Å². The van der Waals surface area contributed by atoms with E-state index in [0.29, 0.717) is 16.4 Å². The Balaban J connectivity index is 2.21. The quantitative estimate of drug-likeness (QED) is 0.717. The fourth-order valence-corrected chi connectivity index (χ4v) is 2.38. The van der Waals surface area contributed by atoms with Crippen molar-refractivity contribution < 1.29 is 9.90 Å². The molecule has 1 saturated carbocycles. The summed E-state index contributed by atoms with van der Waals surface area (Å²) in [5.74, 6) is -0.251. The van der Waals surface area contributed by atoms with Gasteiger partial charge in [0.1, 0.15) is 0 Å². The van der Waals surface area contributed by atoms with Crippen LogP contribution in [-0.2, 0) is 0 Å². The fraction of sp³-hybridized carbons (Fsp3) is 0.462. The number of benzene rings is 1. The van der Waals surface area contributed by atoms with Gasteiger partial charge < -0.3 is 16.2 Å². The summed E-state index contributed by atoms with van der Waals surface area (Å²) >= 11 is 6.07. The van der Waals surface area contributed by atoms with Crippen LogP contribution in [0.5, 0.6) is 0 Å². The van der Waals surface area contributed by atoms with E-state index in [9.17, 15) is 4.79 Å². The molecule has 5 heteroatoms. The highest BCUT2D eigenvalue weighted by atomic mass is 35.5. The Bertz CT molecular complexity index is 472. The van der Waals surface area contributed by atoms with Gasteiger partial charge in [-0.25, -0.2) is 4.79 Å². The van der Waals surface area contributed by atoms with E-state index in [1.54, 1.807) is 6.07 Å². The lowest BCUT2D eigenvalue weighted by atomic mass is 10.1. The third kappa shape index (κ3) is 3.07. The van der Waals surface area contributed by atoms with E-state index in [2.05, 4.69) is 5.32 Å². The van der Waals surface area contributed by atoms with Crippen molar-refractivity contribution in [2.75, 3.05) is 11.1 Å². The SMILES string of the molecule is CC(CC1CC1)Nc1c(Cl)cc(N)cc1C(=O)O. The summed E-state index contributed by atoms with van der Waals surface area (Å²) in [6.07, 6.45) is 3.58. The van der Waals surface area contributed by atoms with Gasteiger partial charge in [-0.05, 0) is 31.4 Å². The predicted octanol–water partition coefficient (Wildman–Crippen LogP) is 3.22. The highest BCUT2D eigenvalue weighted by Gasteiger charge is 2.24. The van der Waals surface area contributed by atoms with E-state index in [0.717, 1.165) is 12.3 Å². The van der Waals surface area contributed by atoms with Crippen LogP contribution in [0.2, 0.25) is 5.02 Å². The van der Waals surface area contributed by atoms with E-state index in [4.69, 9.17) is 22.4 Å². The molecular formula is C13H17ClN2O2. The molecule has 0 bridgehead atoms. The third-order valence-corrected chi connectivity index (χ3v) is 3.42. The van der Waals surface area contributed by atoms with Crippen LogP contribution in [0.15, 0.2) is 12.1 Å². The summed E-state index contributed by atoms with van der Waals surface area (Å²) in [6, 6.07) is 3.21. The number of nitrogens with one attached hydrogen (secondary N) is 1. The number of nitrogens with two attached hydrogens (primary N) is 1. The average Bonchev–Trinajstić information content (AvgIpc) is 3.05. The zero-order chi connectivity index (χ0) is 13.3. The second-order valence-electron chi connectivity index (χ2n) is 4.95. The van der Waals surface area contributed by atoms with E-state index in [1.807, 2.05) is 6.92 Å². The number of halogens is 1. The number of carboxylic acid groups (broad SMARTS) is 1. The molecule has 0 spiro atoms. The number of hydrogen-bond donors (Lipinski definition) is 3. The van der Waals surface area contributed by atoms with Crippen LogP contribution in [0.25, 0.3) is 0 Å². The molecule has 98 valence electrons. The zero-order valence-corrected chi connectivity index (χ0v) is 11.0. The summed E-state index contributed by atoms with van der Waals surface area (Å²) in [7, 11) is 0. The summed E-state index contributed by atoms with van der Waals surface area (Å²) in [5, 5.41) is 12.7. The Hall–Kier alpha value is -1.42. The molecule has 1 aromatic rings. The number of rotatable bonds is 5. The Kier molecular flexibility index (Phi) is 3.66. The molecule has 1 aromatic carbocycles. The maximum absolute atomic E-state index is 11.2. The second kappa shape index (κ2) is 5.06. The molecule has 0 radical (unpaired) electrons. The van der Waals surface area contributed by atoms with E-state index in [-0.39, 0.29) is 11.6 Å². The van der Waals surface area contributed by atoms with Crippen LogP contribution in [0.4, 0.5) is 11.4 Å². The van der Waals surface area contributed by atoms with Gasteiger partial charge in [0, 0.05) is 11.7 Å². The number of nitrogen functional groups attached to an aromatic ring is 1. The van der Waals surface area contributed by atoms with Crippen molar-refractivity contribution in [3.8, 4) is 0 Å². The number of carboxylic acids is 1. The number of carbonyl (C=O) groups is 1. The topological polar surface area (TPSA) is 75.3 Å². The Morgan fingerprint density at radius 2 is 2.28 bits per heavy atom. The van der Waals surface area contributed by atoms with Crippen molar-refractivity contribution in [2.45, 2.75) is 32.2 Å². The summed E-state index contributed by atoms with van der Waals surface area (Å²) in [4.78, 5) is 11.2. The lowest BCUT2D eigenvalue weighted by molar-refractivity contribution is 0.0698. The molecule has 0 aliphatic heterocycles. The highest BCUT2D eigenvalue weighted by Crippen LogP contribution is 2.35. The highest BCUT2D eigenvalue weighted by molar-refractivity contribution is 6.34. The van der Waals surface area contributed by atoms with Gasteiger partial charge in [0.2, 0.25) is 0 Å². The molecule has 1 fully saturated rings. The average molecular weight is 269 g/mol. The van der Waals surface area contributed by atoms with Crippen LogP contribution < -0.4 is 11.1 Å². The van der Waals surface area contributed by atoms with E-state index in [1.165, 1.54) is 18.9 Å². The molecular weight excluding hydrogens is 252 g/mol. The molecule has 0 aromatic heterocycles. The van der Waals surface area contributed by atoms with Gasteiger partial charge in [-0.3, -0.25) is 0 Å². The van der Waals surface area contributed by atoms with Gasteiger partial charge in [-0.2, -0.15) is 0 Å². The van der Waals surface area contributed by atoms with Gasteiger partial charge in [0.15, 0.2) is 0 Å². The van der Waals surface area contributed by atoms with Crippen molar-refractivity contribution in [2.24, 2.45) is 5.92 Å². The number of hydrogen-bond acceptors (Lipinski definition) is 3. The van der Waals surface area contributed by atoms with Crippen LogP contribution in [0.3, 0.4) is 0 Å². The molecule has 18 heavy (non-hydrogen) atoms. The normalized spacial score (nSPS) is 16.3. The minimum atomic E-state index is -1.02. The zero-order valence-electron chi connectivity index (χ0n) is 10.2. The predicted molar refractivity (Wildman–Crippen MR) is 73.2 cm³/mol. The Morgan fingerprint density at radius 3 is 2.83 bits per heavy atom. The molecule has 4 nitrogen and oxygen atoms in total. The van der Waals surface area contributed by atoms with E-state index < -0.39 is 5.97 Å². The number of anilines is 2. The summed E-state index contributed by atoms with van der Waals surface area (Å²) in [5.41, 5.74) is 6.56. The Labute approximate surface area is 111 Å². The molecule has 1 aliphatic carbocycles. The van der Waals surface area contributed by atoms with Crippen molar-refractivity contribution >= 4 is 28.9 Å². The fourth-order valence-electron chi connectivity index (χ4n) is 2.10. The first-order chi connectivity index (χ1) is 8.47. The smallest absolute Gasteiger partial charge is 0.337 e. The number of aromatic carboxylic acids is 1. The minimum absolute atomic E-state index is 0.127. The molecule has 0 saturated heterocycles. The van der Waals surface area contributed by atoms with Gasteiger partial charge >= 0.3 is 5.97 Å². The molecule has 1 aliphatic rings. The van der Waals surface area contributed by atoms with Gasteiger partial charge in [0.05, 0.1) is 16.3 Å². The Morgan fingerprint density at radius 1 is 1.61 bits per heavy atom. The second-order valence-corrected chi connectivity index (χ2v) is 5.36. The lowest BCUT2D eigenvalue weighted by Crippen LogP contribution is -2.18. The van der Waals surface area contributed by atoms with Crippen molar-refractivity contribution in [1.29, 1.82) is 0 Å². The molecule has 4 N–H and O–H groups in total. The standard InChI is InChI=1S/C13H17ClN2O2/c1-7(4-8-2-3-8)16-12-10(13(17)18)5-9(15)6-11(12)14/h5-8,16H,2-4,15H2,1H3,(H,17,18). The van der Waals surface area contributed by atoms with Crippen LogP contribution in [-0.4, -0.2) is 17.1 Å². The third-order valence-electron chi connectivity index (χ3n) is 3.12. The van der Waals surface area contributed by atoms with E-state index >= 15 is 0 Å². The maximum atomic E-state index is 11.2. The summed E-state index contributed by atoms with van der Waals surface area (Å²) in [6.45, 7) is 2.04. The van der Waals surface area contributed by atoms with Crippen LogP contribution in [0.1, 0.15) is 36.5 Å². The van der Waals surface area contributed by atoms with Crippen molar-refractivity contribution in [3.05, 3.63) is 22.7 Å². The molecule has 0 heterocycles. The molecule has 1 atom stereocenters. The molecule has 1 unspecified atom stereocenters. The lowest BCUT2D eigenvalue weighted by Gasteiger charge is -2.18. The monoisotopic (exact) mass is 268 g/mol. The molecule has 0 amide bonds. The first-order valence-electron chi connectivity index (χ1n) is 6.06. The van der Waals surface area contributed by atoms with Gasteiger partial charge in [0.25, 0.3) is 0 Å². The summed E-state index contributed by atoms with van der Waals surface area (Å²) < 4.78 is 0. The molecule has 2 rings (SSSR count). The first-order valence-corrected chi connectivity index (χ1v) is 6.44. The van der Waals surface area contributed by atoms with Crippen molar-refractivity contribution in [1.82, 2.24) is 0 Å². The van der Waals surface area contributed by atoms with Crippen LogP contribution in [0, 0.1) is 5.92 Å². The largest absolute Gasteiger partial charge is 0.478 e. The maximum Gasteiger partial charge on any atom is 0.337 e. The van der Waals surface area contributed by atoms with Crippen molar-refractivity contribution in [3.63, 3.8) is 0 Å². The minimum Gasteiger partial charge on any atom is -0.478 e. The van der Waals surface area contributed by atoms with Gasteiger partial charge in [-0.1, -0.05) is 24.4 Å². The first kappa shape index (κ1) is 13.0.